The van der Waals surface area contributed by atoms with Crippen molar-refractivity contribution in [1.82, 2.24) is 0 Å². The number of hydrogen-bond donors (Lipinski definition) is 0. The van der Waals surface area contributed by atoms with Crippen molar-refractivity contribution in [3.05, 3.63) is 0 Å². The molecule has 2 aliphatic heterocycles. The SMILES string of the molecule is CCCCCC1CCCC(=O)O1.CCCCCC1CCCC(=O)O1. The number of esters is 2. The number of carbonyl (C=O) groups excluding carboxylic acids is 2. The third-order valence-corrected chi connectivity index (χ3v) is 4.67. The standard InChI is InChI=1S/2C10H18O2/c2*1-2-3-4-6-9-7-5-8-10(11)12-9/h2*9H,2-8H2,1H3. The Labute approximate surface area is 147 Å². The molecule has 4 nitrogen and oxygen atoms in total. The van der Waals surface area contributed by atoms with Crippen molar-refractivity contribution < 1.29 is 19.1 Å². The molecule has 0 radical (unpaired) electrons. The highest BCUT2D eigenvalue weighted by Crippen LogP contribution is 2.19. The Morgan fingerprint density at radius 1 is 0.750 bits per heavy atom. The van der Waals surface area contributed by atoms with E-state index in [2.05, 4.69) is 13.8 Å². The molecule has 2 unspecified atom stereocenters. The molecule has 2 rings (SSSR count). The summed E-state index contributed by atoms with van der Waals surface area (Å²) in [6, 6.07) is 0. The topological polar surface area (TPSA) is 52.6 Å². The maximum absolute atomic E-state index is 10.9. The van der Waals surface area contributed by atoms with Gasteiger partial charge in [0.25, 0.3) is 0 Å². The van der Waals surface area contributed by atoms with Crippen LogP contribution < -0.4 is 0 Å². The molecule has 2 saturated heterocycles. The van der Waals surface area contributed by atoms with E-state index in [4.69, 9.17) is 9.47 Å². The normalized spacial score (nSPS) is 23.8. The lowest BCUT2D eigenvalue weighted by Crippen LogP contribution is -2.23. The highest BCUT2D eigenvalue weighted by molar-refractivity contribution is 5.70. The molecule has 2 fully saturated rings. The van der Waals surface area contributed by atoms with E-state index in [1.165, 1.54) is 38.5 Å². The zero-order valence-electron chi connectivity index (χ0n) is 15.7. The molecule has 0 aromatic carbocycles. The average molecular weight is 341 g/mol. The van der Waals surface area contributed by atoms with Gasteiger partial charge in [0.15, 0.2) is 0 Å². The molecule has 2 atom stereocenters. The van der Waals surface area contributed by atoms with Gasteiger partial charge in [0.05, 0.1) is 0 Å². The van der Waals surface area contributed by atoms with E-state index in [1.807, 2.05) is 0 Å². The molecular weight excluding hydrogens is 304 g/mol. The van der Waals surface area contributed by atoms with Crippen LogP contribution >= 0.6 is 0 Å². The Morgan fingerprint density at radius 3 is 1.50 bits per heavy atom. The minimum atomic E-state index is 0.00254. The molecule has 0 aliphatic carbocycles. The molecule has 0 aromatic rings. The van der Waals surface area contributed by atoms with Gasteiger partial charge in [-0.3, -0.25) is 9.59 Å². The quantitative estimate of drug-likeness (QED) is 0.443. The fourth-order valence-corrected chi connectivity index (χ4v) is 3.21. The monoisotopic (exact) mass is 340 g/mol. The number of cyclic esters (lactones) is 2. The predicted molar refractivity (Wildman–Crippen MR) is 95.7 cm³/mol. The zero-order valence-corrected chi connectivity index (χ0v) is 15.7. The Morgan fingerprint density at radius 2 is 1.17 bits per heavy atom. The second kappa shape index (κ2) is 13.3. The molecule has 24 heavy (non-hydrogen) atoms. The summed E-state index contributed by atoms with van der Waals surface area (Å²) in [5, 5.41) is 0. The van der Waals surface area contributed by atoms with Crippen LogP contribution in [0.2, 0.25) is 0 Å². The first-order valence-corrected chi connectivity index (χ1v) is 10.0. The molecule has 2 aliphatic rings. The second-order valence-electron chi connectivity index (χ2n) is 7.00. The lowest BCUT2D eigenvalue weighted by Gasteiger charge is -2.21. The first-order chi connectivity index (χ1) is 11.7. The van der Waals surface area contributed by atoms with Gasteiger partial charge in [0.2, 0.25) is 0 Å². The summed E-state index contributed by atoms with van der Waals surface area (Å²) in [7, 11) is 0. The van der Waals surface area contributed by atoms with Crippen molar-refractivity contribution in [2.24, 2.45) is 0 Å². The summed E-state index contributed by atoms with van der Waals surface area (Å²) in [6.45, 7) is 4.37. The third-order valence-electron chi connectivity index (χ3n) is 4.67. The van der Waals surface area contributed by atoms with Gasteiger partial charge >= 0.3 is 11.9 Å². The third kappa shape index (κ3) is 9.94. The summed E-state index contributed by atoms with van der Waals surface area (Å²) < 4.78 is 10.4. The van der Waals surface area contributed by atoms with E-state index < -0.39 is 0 Å². The largest absolute Gasteiger partial charge is 0.462 e. The zero-order chi connectivity index (χ0) is 17.6. The van der Waals surface area contributed by atoms with E-state index in [1.54, 1.807) is 0 Å². The molecule has 140 valence electrons. The van der Waals surface area contributed by atoms with Crippen LogP contribution in [0.15, 0.2) is 0 Å². The summed E-state index contributed by atoms with van der Waals surface area (Å²) in [5.41, 5.74) is 0. The highest BCUT2D eigenvalue weighted by atomic mass is 16.5. The van der Waals surface area contributed by atoms with Crippen molar-refractivity contribution >= 4 is 11.9 Å². The van der Waals surface area contributed by atoms with Crippen LogP contribution in [0.25, 0.3) is 0 Å². The van der Waals surface area contributed by atoms with Crippen LogP contribution in [0.5, 0.6) is 0 Å². The van der Waals surface area contributed by atoms with Gasteiger partial charge in [0.1, 0.15) is 12.2 Å². The summed E-state index contributed by atoms with van der Waals surface area (Å²) in [5.74, 6) is 0.00509. The van der Waals surface area contributed by atoms with E-state index >= 15 is 0 Å². The van der Waals surface area contributed by atoms with Crippen molar-refractivity contribution in [3.8, 4) is 0 Å². The fourth-order valence-electron chi connectivity index (χ4n) is 3.21. The first-order valence-electron chi connectivity index (χ1n) is 10.0. The Hall–Kier alpha value is -1.06. The maximum atomic E-state index is 10.9. The minimum absolute atomic E-state index is 0.00254. The molecule has 0 N–H and O–H groups in total. The average Bonchev–Trinajstić information content (AvgIpc) is 2.56. The lowest BCUT2D eigenvalue weighted by molar-refractivity contribution is -0.155. The molecular formula is C20H36O4. The lowest BCUT2D eigenvalue weighted by atomic mass is 10.0. The number of hydrogen-bond acceptors (Lipinski definition) is 4. The minimum Gasteiger partial charge on any atom is -0.462 e. The van der Waals surface area contributed by atoms with Crippen LogP contribution in [0.1, 0.15) is 104 Å². The van der Waals surface area contributed by atoms with Gasteiger partial charge in [-0.25, -0.2) is 0 Å². The molecule has 4 heteroatoms. The van der Waals surface area contributed by atoms with Gasteiger partial charge < -0.3 is 9.47 Å². The van der Waals surface area contributed by atoms with Crippen LogP contribution in [0, 0.1) is 0 Å². The van der Waals surface area contributed by atoms with Crippen LogP contribution in [-0.4, -0.2) is 24.1 Å². The van der Waals surface area contributed by atoms with Gasteiger partial charge in [-0.1, -0.05) is 39.5 Å². The predicted octanol–water partition coefficient (Wildman–Crippen LogP) is 5.32. The van der Waals surface area contributed by atoms with E-state index in [9.17, 15) is 9.59 Å². The summed E-state index contributed by atoms with van der Waals surface area (Å²) >= 11 is 0. The summed E-state index contributed by atoms with van der Waals surface area (Å²) in [4.78, 5) is 21.8. The highest BCUT2D eigenvalue weighted by Gasteiger charge is 2.20. The van der Waals surface area contributed by atoms with Gasteiger partial charge in [-0.2, -0.15) is 0 Å². The van der Waals surface area contributed by atoms with Crippen molar-refractivity contribution in [3.63, 3.8) is 0 Å². The van der Waals surface area contributed by atoms with Gasteiger partial charge in [-0.15, -0.1) is 0 Å². The van der Waals surface area contributed by atoms with Crippen LogP contribution in [0.3, 0.4) is 0 Å². The van der Waals surface area contributed by atoms with E-state index in [0.29, 0.717) is 12.8 Å². The van der Waals surface area contributed by atoms with E-state index in [0.717, 1.165) is 38.5 Å². The van der Waals surface area contributed by atoms with Crippen LogP contribution in [-0.2, 0) is 19.1 Å². The second-order valence-corrected chi connectivity index (χ2v) is 7.00. The Balaban J connectivity index is 0.000000240. The molecule has 2 heterocycles. The van der Waals surface area contributed by atoms with Crippen molar-refractivity contribution in [2.75, 3.05) is 0 Å². The summed E-state index contributed by atoms with van der Waals surface area (Å²) in [6.07, 6.45) is 15.5. The van der Waals surface area contributed by atoms with E-state index in [-0.39, 0.29) is 24.1 Å². The molecule has 0 aromatic heterocycles. The van der Waals surface area contributed by atoms with Crippen molar-refractivity contribution in [1.29, 1.82) is 0 Å². The first kappa shape index (κ1) is 21.0. The molecule has 0 bridgehead atoms. The Kier molecular flexibility index (Phi) is 11.6. The van der Waals surface area contributed by atoms with Gasteiger partial charge in [0, 0.05) is 12.8 Å². The van der Waals surface area contributed by atoms with Gasteiger partial charge in [-0.05, 0) is 51.4 Å². The molecule has 0 amide bonds. The Bertz CT molecular complexity index is 320. The fraction of sp³-hybridized carbons (Fsp3) is 0.900. The van der Waals surface area contributed by atoms with Crippen LogP contribution in [0.4, 0.5) is 0 Å². The number of ether oxygens (including phenoxy) is 2. The number of rotatable bonds is 8. The smallest absolute Gasteiger partial charge is 0.306 e. The molecule has 0 saturated carbocycles. The molecule has 0 spiro atoms. The maximum Gasteiger partial charge on any atom is 0.306 e. The number of unbranched alkanes of at least 4 members (excludes halogenated alkanes) is 4. The van der Waals surface area contributed by atoms with Crippen molar-refractivity contribution in [2.45, 2.75) is 116 Å². The number of carbonyl (C=O) groups is 2.